The highest BCUT2D eigenvalue weighted by Gasteiger charge is 2.33. The average molecular weight is 613 g/mol. The molecule has 0 aliphatic heterocycles. The lowest BCUT2D eigenvalue weighted by atomic mass is 9.92. The Balaban J connectivity index is 5.28. The van der Waals surface area contributed by atoms with Crippen LogP contribution in [0.5, 0.6) is 0 Å². The van der Waals surface area contributed by atoms with Crippen LogP contribution >= 0.6 is 0 Å². The molecule has 0 heterocycles. The van der Waals surface area contributed by atoms with Gasteiger partial charge in [-0.3, -0.25) is 0 Å². The minimum Gasteiger partial charge on any atom is -0.460 e. The van der Waals surface area contributed by atoms with Gasteiger partial charge in [0.15, 0.2) is 0 Å². The second-order valence-corrected chi connectivity index (χ2v) is 9.48. The molecule has 0 amide bonds. The number of carbonyl (C=O) groups is 4. The summed E-state index contributed by atoms with van der Waals surface area (Å²) in [6.07, 6.45) is 11.7. The van der Waals surface area contributed by atoms with E-state index in [1.807, 2.05) is 13.8 Å². The van der Waals surface area contributed by atoms with Crippen molar-refractivity contribution in [2.75, 3.05) is 79.3 Å². The standard InChI is InChI=1S/C31H48O12/c1-6-9-27(32)40-18-14-36-22-31(23-37-15-19-41-28(33)10-7-2,24-38-16-20-42-29(34)11-8-3)25-39-17-21-43-30(35)13-12-26(4)5/h6-13,26H,14-25H2,1-5H3/b9-6+,10-7+,11-8+,13-12+. The van der Waals surface area contributed by atoms with Crippen molar-refractivity contribution in [2.45, 2.75) is 34.6 Å². The van der Waals surface area contributed by atoms with Crippen molar-refractivity contribution < 1.29 is 57.1 Å². The zero-order valence-electron chi connectivity index (χ0n) is 26.1. The van der Waals surface area contributed by atoms with Crippen LogP contribution in [0.1, 0.15) is 34.6 Å². The maximum Gasteiger partial charge on any atom is 0.330 e. The Morgan fingerprint density at radius 3 is 1.02 bits per heavy atom. The summed E-state index contributed by atoms with van der Waals surface area (Å²) >= 11 is 0. The van der Waals surface area contributed by atoms with Gasteiger partial charge >= 0.3 is 23.9 Å². The second kappa shape index (κ2) is 26.3. The van der Waals surface area contributed by atoms with E-state index in [2.05, 4.69) is 0 Å². The van der Waals surface area contributed by atoms with E-state index in [0.717, 1.165) is 0 Å². The van der Waals surface area contributed by atoms with Crippen LogP contribution in [0.25, 0.3) is 0 Å². The number of carbonyl (C=O) groups excluding carboxylic acids is 4. The van der Waals surface area contributed by atoms with Crippen molar-refractivity contribution in [1.29, 1.82) is 0 Å². The SMILES string of the molecule is C/C=C/C(=O)OCCOCC(COCCOC(=O)/C=C/C)(COCCOC(=O)/C=C/C)COCCOC(=O)/C=C/C(C)C. The van der Waals surface area contributed by atoms with Gasteiger partial charge in [0.2, 0.25) is 0 Å². The Morgan fingerprint density at radius 1 is 0.488 bits per heavy atom. The first-order valence-corrected chi connectivity index (χ1v) is 14.2. The summed E-state index contributed by atoms with van der Waals surface area (Å²) in [7, 11) is 0. The lowest BCUT2D eigenvalue weighted by Gasteiger charge is -2.33. The van der Waals surface area contributed by atoms with Gasteiger partial charge in [-0.2, -0.15) is 0 Å². The first-order valence-electron chi connectivity index (χ1n) is 14.2. The van der Waals surface area contributed by atoms with Gasteiger partial charge in [-0.05, 0) is 26.7 Å². The van der Waals surface area contributed by atoms with Gasteiger partial charge in [0.1, 0.15) is 26.4 Å². The van der Waals surface area contributed by atoms with Crippen LogP contribution in [0.2, 0.25) is 0 Å². The molecule has 0 fully saturated rings. The van der Waals surface area contributed by atoms with Crippen LogP contribution < -0.4 is 0 Å². The van der Waals surface area contributed by atoms with Crippen LogP contribution in [0, 0.1) is 11.3 Å². The molecule has 0 N–H and O–H groups in total. The van der Waals surface area contributed by atoms with Crippen molar-refractivity contribution in [3.8, 4) is 0 Å². The second-order valence-electron chi connectivity index (χ2n) is 9.48. The summed E-state index contributed by atoms with van der Waals surface area (Å²) in [5.41, 5.74) is -0.866. The van der Waals surface area contributed by atoms with Crippen molar-refractivity contribution >= 4 is 23.9 Å². The Hall–Kier alpha value is -3.32. The molecule has 0 radical (unpaired) electrons. The number of esters is 4. The Kier molecular flexibility index (Phi) is 24.3. The predicted molar refractivity (Wildman–Crippen MR) is 158 cm³/mol. The number of rotatable bonds is 25. The molecule has 0 rings (SSSR count). The summed E-state index contributed by atoms with van der Waals surface area (Å²) < 4.78 is 43.6. The molecule has 0 aromatic heterocycles. The van der Waals surface area contributed by atoms with E-state index in [1.54, 1.807) is 45.1 Å². The third kappa shape index (κ3) is 23.9. The predicted octanol–water partition coefficient (Wildman–Crippen LogP) is 3.15. The third-order valence-corrected chi connectivity index (χ3v) is 5.05. The Bertz CT molecular complexity index is 821. The van der Waals surface area contributed by atoms with E-state index in [4.69, 9.17) is 37.9 Å². The molecule has 43 heavy (non-hydrogen) atoms. The van der Waals surface area contributed by atoms with Gasteiger partial charge < -0.3 is 37.9 Å². The maximum atomic E-state index is 11.8. The van der Waals surface area contributed by atoms with Gasteiger partial charge in [0, 0.05) is 24.3 Å². The van der Waals surface area contributed by atoms with Crippen molar-refractivity contribution in [2.24, 2.45) is 11.3 Å². The average Bonchev–Trinajstić information content (AvgIpc) is 2.95. The van der Waals surface area contributed by atoms with Crippen molar-refractivity contribution in [3.05, 3.63) is 48.6 Å². The lowest BCUT2D eigenvalue weighted by molar-refractivity contribution is -0.146. The molecule has 0 aromatic rings. The fraction of sp³-hybridized carbons (Fsp3) is 0.613. The van der Waals surface area contributed by atoms with Crippen LogP contribution in [0.4, 0.5) is 0 Å². The topological polar surface area (TPSA) is 142 Å². The lowest BCUT2D eigenvalue weighted by Crippen LogP contribution is -2.43. The molecule has 0 aliphatic carbocycles. The summed E-state index contributed by atoms with van der Waals surface area (Å²) in [5.74, 6) is -1.69. The third-order valence-electron chi connectivity index (χ3n) is 5.05. The number of hydrogen-bond acceptors (Lipinski definition) is 12. The van der Waals surface area contributed by atoms with E-state index >= 15 is 0 Å². The van der Waals surface area contributed by atoms with E-state index in [9.17, 15) is 19.2 Å². The molecule has 0 bridgehead atoms. The van der Waals surface area contributed by atoms with E-state index in [1.165, 1.54) is 24.3 Å². The van der Waals surface area contributed by atoms with Crippen LogP contribution in [-0.2, 0) is 57.1 Å². The number of hydrogen-bond donors (Lipinski definition) is 0. The van der Waals surface area contributed by atoms with Gasteiger partial charge in [0.05, 0.1) is 58.3 Å². The highest BCUT2D eigenvalue weighted by atomic mass is 16.6. The summed E-state index contributed by atoms with van der Waals surface area (Å²) in [5, 5.41) is 0. The molecular formula is C31H48O12. The van der Waals surface area contributed by atoms with Gasteiger partial charge in [-0.15, -0.1) is 0 Å². The largest absolute Gasteiger partial charge is 0.460 e. The molecular weight excluding hydrogens is 564 g/mol. The van der Waals surface area contributed by atoms with Crippen LogP contribution in [0.15, 0.2) is 48.6 Å². The molecule has 0 aromatic carbocycles. The number of ether oxygens (including phenoxy) is 8. The fourth-order valence-corrected chi connectivity index (χ4v) is 3.08. The molecule has 0 spiro atoms. The monoisotopic (exact) mass is 612 g/mol. The minimum atomic E-state index is -0.866. The quantitative estimate of drug-likeness (QED) is 0.0647. The molecule has 0 saturated heterocycles. The smallest absolute Gasteiger partial charge is 0.330 e. The molecule has 0 atom stereocenters. The summed E-state index contributed by atoms with van der Waals surface area (Å²) in [6.45, 7) is 9.89. The highest BCUT2D eigenvalue weighted by Crippen LogP contribution is 2.21. The summed E-state index contributed by atoms with van der Waals surface area (Å²) in [6, 6.07) is 0. The van der Waals surface area contributed by atoms with E-state index in [-0.39, 0.29) is 85.2 Å². The molecule has 244 valence electrons. The zero-order chi connectivity index (χ0) is 32.2. The summed E-state index contributed by atoms with van der Waals surface area (Å²) in [4.78, 5) is 46.5. The minimum absolute atomic E-state index is 0.0304. The zero-order valence-corrected chi connectivity index (χ0v) is 26.1. The van der Waals surface area contributed by atoms with Crippen LogP contribution in [-0.4, -0.2) is 103 Å². The highest BCUT2D eigenvalue weighted by molar-refractivity contribution is 5.82. The van der Waals surface area contributed by atoms with Gasteiger partial charge in [-0.25, -0.2) is 19.2 Å². The molecule has 12 nitrogen and oxygen atoms in total. The maximum absolute atomic E-state index is 11.8. The molecule has 0 unspecified atom stereocenters. The first kappa shape index (κ1) is 39.7. The molecule has 12 heteroatoms. The van der Waals surface area contributed by atoms with Crippen molar-refractivity contribution in [1.82, 2.24) is 0 Å². The van der Waals surface area contributed by atoms with Gasteiger partial charge in [0.25, 0.3) is 0 Å². The normalized spacial score (nSPS) is 12.1. The van der Waals surface area contributed by atoms with E-state index < -0.39 is 29.3 Å². The molecule has 0 aliphatic rings. The van der Waals surface area contributed by atoms with E-state index in [0.29, 0.717) is 0 Å². The van der Waals surface area contributed by atoms with Gasteiger partial charge in [-0.1, -0.05) is 38.2 Å². The fourth-order valence-electron chi connectivity index (χ4n) is 3.08. The molecule has 0 saturated carbocycles. The first-order chi connectivity index (χ1) is 20.7. The number of allylic oxidation sites excluding steroid dienone is 4. The van der Waals surface area contributed by atoms with Crippen molar-refractivity contribution in [3.63, 3.8) is 0 Å². The Labute approximate surface area is 254 Å². The van der Waals surface area contributed by atoms with Crippen LogP contribution in [0.3, 0.4) is 0 Å². The Morgan fingerprint density at radius 2 is 0.767 bits per heavy atom.